The van der Waals surface area contributed by atoms with E-state index in [9.17, 15) is 0 Å². The molecule has 0 radical (unpaired) electrons. The summed E-state index contributed by atoms with van der Waals surface area (Å²) in [6.07, 6.45) is 4.48. The number of nitrogens with zero attached hydrogens (tertiary/aromatic N) is 2. The molecule has 1 atom stereocenters. The van der Waals surface area contributed by atoms with Crippen molar-refractivity contribution in [3.05, 3.63) is 51.5 Å². The molecule has 0 fully saturated rings. The Hall–Kier alpha value is -0.840. The lowest BCUT2D eigenvalue weighted by Crippen LogP contribution is -2.16. The van der Waals surface area contributed by atoms with Crippen molar-refractivity contribution in [3.8, 4) is 0 Å². The van der Waals surface area contributed by atoms with Gasteiger partial charge in [-0.2, -0.15) is 0 Å². The Balaban J connectivity index is 2.19. The third-order valence-electron chi connectivity index (χ3n) is 2.86. The molecule has 1 unspecified atom stereocenters. The molecule has 0 aliphatic carbocycles. The van der Waals surface area contributed by atoms with Crippen molar-refractivity contribution >= 4 is 27.5 Å². The monoisotopic (exact) mass is 327 g/mol. The summed E-state index contributed by atoms with van der Waals surface area (Å²) in [4.78, 5) is 4.34. The van der Waals surface area contributed by atoms with Crippen LogP contribution < -0.4 is 5.73 Å². The van der Waals surface area contributed by atoms with Crippen molar-refractivity contribution in [2.24, 2.45) is 5.73 Å². The van der Waals surface area contributed by atoms with Crippen molar-refractivity contribution in [2.45, 2.75) is 25.9 Å². The number of hydrogen-bond acceptors (Lipinski definition) is 2. The first-order valence-electron chi connectivity index (χ1n) is 5.81. The summed E-state index contributed by atoms with van der Waals surface area (Å²) >= 11 is 9.45. The molecule has 5 heteroatoms. The molecule has 0 amide bonds. The van der Waals surface area contributed by atoms with Gasteiger partial charge in [0.25, 0.3) is 0 Å². The zero-order chi connectivity index (χ0) is 13.1. The van der Waals surface area contributed by atoms with Crippen LogP contribution >= 0.6 is 27.5 Å². The van der Waals surface area contributed by atoms with Gasteiger partial charge in [-0.15, -0.1) is 0 Å². The number of imidazole rings is 1. The molecule has 0 saturated carbocycles. The Morgan fingerprint density at radius 3 is 2.89 bits per heavy atom. The maximum atomic E-state index is 6.21. The molecule has 3 nitrogen and oxygen atoms in total. The minimum atomic E-state index is -0.104. The van der Waals surface area contributed by atoms with Gasteiger partial charge in [0.15, 0.2) is 0 Å². The van der Waals surface area contributed by atoms with Gasteiger partial charge in [-0.3, -0.25) is 0 Å². The van der Waals surface area contributed by atoms with E-state index < -0.39 is 0 Å². The lowest BCUT2D eigenvalue weighted by atomic mass is 10.0. The molecule has 1 aromatic heterocycles. The normalized spacial score (nSPS) is 12.7. The van der Waals surface area contributed by atoms with Gasteiger partial charge in [-0.25, -0.2) is 4.98 Å². The highest BCUT2D eigenvalue weighted by atomic mass is 79.9. The minimum Gasteiger partial charge on any atom is -0.335 e. The van der Waals surface area contributed by atoms with E-state index in [1.54, 1.807) is 6.20 Å². The molecule has 18 heavy (non-hydrogen) atoms. The van der Waals surface area contributed by atoms with Crippen LogP contribution in [0.5, 0.6) is 0 Å². The van der Waals surface area contributed by atoms with Gasteiger partial charge < -0.3 is 10.3 Å². The maximum Gasteiger partial charge on any atom is 0.110 e. The number of aryl methyl sites for hydroxylation is 1. The van der Waals surface area contributed by atoms with E-state index in [0.29, 0.717) is 11.4 Å². The number of aromatic nitrogens is 2. The second kappa shape index (κ2) is 5.87. The van der Waals surface area contributed by atoms with Gasteiger partial charge in [-0.05, 0) is 30.7 Å². The number of hydrogen-bond donors (Lipinski definition) is 1. The topological polar surface area (TPSA) is 43.8 Å². The van der Waals surface area contributed by atoms with E-state index in [2.05, 4.69) is 32.4 Å². The minimum absolute atomic E-state index is 0.104. The fourth-order valence-corrected chi connectivity index (χ4v) is 2.81. The molecule has 0 bridgehead atoms. The molecule has 2 aromatic rings. The Morgan fingerprint density at radius 1 is 1.44 bits per heavy atom. The van der Waals surface area contributed by atoms with Crippen LogP contribution in [-0.2, 0) is 13.0 Å². The summed E-state index contributed by atoms with van der Waals surface area (Å²) in [5, 5.41) is 0.689. The molecular weight excluding hydrogens is 314 g/mol. The third-order valence-corrected chi connectivity index (χ3v) is 3.53. The predicted octanol–water partition coefficient (Wildman–Crippen LogP) is 3.56. The highest BCUT2D eigenvalue weighted by Crippen LogP contribution is 2.24. The van der Waals surface area contributed by atoms with E-state index in [-0.39, 0.29) is 6.04 Å². The van der Waals surface area contributed by atoms with Gasteiger partial charge in [0.2, 0.25) is 0 Å². The highest BCUT2D eigenvalue weighted by Gasteiger charge is 2.12. The first-order chi connectivity index (χ1) is 8.60. The van der Waals surface area contributed by atoms with E-state index in [4.69, 9.17) is 17.3 Å². The smallest absolute Gasteiger partial charge is 0.110 e. The number of benzene rings is 1. The molecule has 96 valence electrons. The Bertz CT molecular complexity index is 519. The lowest BCUT2D eigenvalue weighted by molar-refractivity contribution is 0.628. The van der Waals surface area contributed by atoms with Gasteiger partial charge >= 0.3 is 0 Å². The van der Waals surface area contributed by atoms with Crippen LogP contribution in [0.25, 0.3) is 0 Å². The number of nitrogens with two attached hydrogens (primary N) is 1. The van der Waals surface area contributed by atoms with Crippen molar-refractivity contribution in [3.63, 3.8) is 0 Å². The van der Waals surface area contributed by atoms with Crippen LogP contribution in [0.4, 0.5) is 0 Å². The zero-order valence-corrected chi connectivity index (χ0v) is 12.4. The molecule has 1 heterocycles. The van der Waals surface area contributed by atoms with Crippen LogP contribution in [0.15, 0.2) is 35.1 Å². The van der Waals surface area contributed by atoms with Crippen LogP contribution in [0, 0.1) is 0 Å². The largest absolute Gasteiger partial charge is 0.335 e. The number of rotatable bonds is 4. The number of halogens is 2. The summed E-state index contributed by atoms with van der Waals surface area (Å²) in [5.74, 6) is 1.00. The molecule has 1 aromatic carbocycles. The average molecular weight is 329 g/mol. The average Bonchev–Trinajstić information content (AvgIpc) is 2.75. The summed E-state index contributed by atoms with van der Waals surface area (Å²) in [7, 11) is 0. The maximum absolute atomic E-state index is 6.21. The van der Waals surface area contributed by atoms with Crippen LogP contribution in [0.1, 0.15) is 24.4 Å². The quantitative estimate of drug-likeness (QED) is 0.932. The van der Waals surface area contributed by atoms with Crippen molar-refractivity contribution < 1.29 is 0 Å². The first kappa shape index (κ1) is 13.6. The summed E-state index contributed by atoms with van der Waals surface area (Å²) in [5.41, 5.74) is 7.23. The highest BCUT2D eigenvalue weighted by molar-refractivity contribution is 9.10. The Kier molecular flexibility index (Phi) is 4.43. The van der Waals surface area contributed by atoms with E-state index in [1.807, 2.05) is 24.4 Å². The Morgan fingerprint density at radius 2 is 2.22 bits per heavy atom. The summed E-state index contributed by atoms with van der Waals surface area (Å²) < 4.78 is 3.04. The zero-order valence-electron chi connectivity index (χ0n) is 10.1. The fraction of sp³-hybridized carbons (Fsp3) is 0.308. The van der Waals surface area contributed by atoms with Gasteiger partial charge in [0, 0.05) is 40.9 Å². The van der Waals surface area contributed by atoms with E-state index in [0.717, 1.165) is 22.4 Å². The Labute approximate surface area is 120 Å². The van der Waals surface area contributed by atoms with Gasteiger partial charge in [0.1, 0.15) is 5.82 Å². The molecule has 0 aliphatic heterocycles. The van der Waals surface area contributed by atoms with Crippen LogP contribution in [0.2, 0.25) is 5.02 Å². The second-order valence-electron chi connectivity index (χ2n) is 4.14. The molecular formula is C13H15BrClN3. The van der Waals surface area contributed by atoms with Crippen molar-refractivity contribution in [1.82, 2.24) is 9.55 Å². The van der Waals surface area contributed by atoms with Gasteiger partial charge in [-0.1, -0.05) is 27.5 Å². The fourth-order valence-electron chi connectivity index (χ4n) is 1.92. The summed E-state index contributed by atoms with van der Waals surface area (Å²) in [6, 6.07) is 5.64. The summed E-state index contributed by atoms with van der Waals surface area (Å²) in [6.45, 7) is 2.99. The van der Waals surface area contributed by atoms with E-state index in [1.165, 1.54) is 0 Å². The van der Waals surface area contributed by atoms with Crippen LogP contribution in [0.3, 0.4) is 0 Å². The molecule has 0 saturated heterocycles. The molecule has 0 spiro atoms. The van der Waals surface area contributed by atoms with Crippen molar-refractivity contribution in [2.75, 3.05) is 0 Å². The SMILES string of the molecule is CCn1ccnc1CC(N)c1cc(Cl)cc(Br)c1. The molecule has 2 rings (SSSR count). The second-order valence-corrected chi connectivity index (χ2v) is 5.49. The molecule has 0 aliphatic rings. The lowest BCUT2D eigenvalue weighted by Gasteiger charge is -2.13. The van der Waals surface area contributed by atoms with Crippen molar-refractivity contribution in [1.29, 1.82) is 0 Å². The van der Waals surface area contributed by atoms with E-state index >= 15 is 0 Å². The first-order valence-corrected chi connectivity index (χ1v) is 6.99. The third kappa shape index (κ3) is 3.13. The molecule has 2 N–H and O–H groups in total. The van der Waals surface area contributed by atoms with Gasteiger partial charge in [0.05, 0.1) is 0 Å². The van der Waals surface area contributed by atoms with Crippen LogP contribution in [-0.4, -0.2) is 9.55 Å². The standard InChI is InChI=1S/C13H15BrClN3/c1-2-18-4-3-17-13(18)8-12(16)9-5-10(14)7-11(15)6-9/h3-7,12H,2,8,16H2,1H3. The predicted molar refractivity (Wildman–Crippen MR) is 77.7 cm³/mol.